The van der Waals surface area contributed by atoms with Gasteiger partial charge in [0.25, 0.3) is 5.91 Å². The van der Waals surface area contributed by atoms with E-state index in [4.69, 9.17) is 4.52 Å². The molecule has 4 rings (SSSR count). The van der Waals surface area contributed by atoms with Crippen LogP contribution in [0.25, 0.3) is 10.7 Å². The molecule has 0 unspecified atom stereocenters. The van der Waals surface area contributed by atoms with Gasteiger partial charge in [-0.25, -0.2) is 4.79 Å². The number of hydrogen-bond acceptors (Lipinski definition) is 7. The van der Waals surface area contributed by atoms with Gasteiger partial charge in [0.15, 0.2) is 0 Å². The largest absolute Gasteiger partial charge is 0.355 e. The number of hydrogen-bond donors (Lipinski definition) is 1. The summed E-state index contributed by atoms with van der Waals surface area (Å²) in [5.74, 6) is 0.713. The van der Waals surface area contributed by atoms with Crippen molar-refractivity contribution in [3.63, 3.8) is 0 Å². The molecule has 1 N–H and O–H groups in total. The zero-order valence-electron chi connectivity index (χ0n) is 18.3. The number of unbranched alkanes of at least 4 members (excludes halogenated alkanes) is 2. The molecule has 2 aliphatic rings. The summed E-state index contributed by atoms with van der Waals surface area (Å²) in [5, 5.41) is 8.80. The molecule has 32 heavy (non-hydrogen) atoms. The monoisotopic (exact) mass is 459 g/mol. The smallest absolute Gasteiger partial charge is 0.327 e. The molecule has 1 aliphatic heterocycles. The lowest BCUT2D eigenvalue weighted by Crippen LogP contribution is -2.49. The molecule has 2 aromatic heterocycles. The Bertz CT molecular complexity index is 951. The zero-order valence-corrected chi connectivity index (χ0v) is 19.2. The first-order valence-electron chi connectivity index (χ1n) is 11.2. The summed E-state index contributed by atoms with van der Waals surface area (Å²) < 4.78 is 5.29. The predicted octanol–water partition coefficient (Wildman–Crippen LogP) is 3.22. The molecule has 3 heterocycles. The average molecular weight is 460 g/mol. The Balaban J connectivity index is 1.15. The van der Waals surface area contributed by atoms with Gasteiger partial charge in [0.2, 0.25) is 17.6 Å². The zero-order chi connectivity index (χ0) is 22.6. The molecule has 4 amide bonds. The highest BCUT2D eigenvalue weighted by molar-refractivity contribution is 7.13. The minimum absolute atomic E-state index is 0.211. The second-order valence-electron chi connectivity index (χ2n) is 8.47. The van der Waals surface area contributed by atoms with Gasteiger partial charge in [-0.05, 0) is 37.1 Å². The minimum atomic E-state index is -0.742. The van der Waals surface area contributed by atoms with Crippen molar-refractivity contribution in [3.8, 4) is 10.7 Å². The van der Waals surface area contributed by atoms with Crippen molar-refractivity contribution in [2.24, 2.45) is 0 Å². The van der Waals surface area contributed by atoms with E-state index < -0.39 is 5.54 Å². The number of nitrogens with zero attached hydrogens (tertiary/aromatic N) is 4. The number of nitrogens with one attached hydrogen (secondary N) is 1. The number of thiophene rings is 1. The molecule has 10 heteroatoms. The Morgan fingerprint density at radius 1 is 1.22 bits per heavy atom. The number of carbonyl (C=O) groups excluding carboxylic acids is 3. The van der Waals surface area contributed by atoms with E-state index in [0.29, 0.717) is 37.5 Å². The first kappa shape index (κ1) is 22.4. The molecule has 1 spiro atoms. The first-order chi connectivity index (χ1) is 15.5. The van der Waals surface area contributed by atoms with Gasteiger partial charge in [0.1, 0.15) is 12.1 Å². The van der Waals surface area contributed by atoms with Crippen molar-refractivity contribution in [3.05, 3.63) is 23.4 Å². The van der Waals surface area contributed by atoms with Crippen LogP contribution < -0.4 is 5.32 Å². The number of amides is 4. The molecule has 1 saturated carbocycles. The lowest BCUT2D eigenvalue weighted by atomic mass is 9.81. The number of carbonyl (C=O) groups is 3. The summed E-state index contributed by atoms with van der Waals surface area (Å²) in [5.41, 5.74) is -0.742. The number of aryl methyl sites for hydroxylation is 1. The molecule has 0 aromatic carbocycles. The van der Waals surface area contributed by atoms with Gasteiger partial charge in [0.05, 0.1) is 4.88 Å². The van der Waals surface area contributed by atoms with Crippen LogP contribution in [-0.2, 0) is 16.0 Å². The third-order valence-corrected chi connectivity index (χ3v) is 7.25. The lowest BCUT2D eigenvalue weighted by molar-refractivity contribution is -0.137. The lowest BCUT2D eigenvalue weighted by Gasteiger charge is -2.35. The minimum Gasteiger partial charge on any atom is -0.355 e. The quantitative estimate of drug-likeness (QED) is 0.456. The molecule has 9 nitrogen and oxygen atoms in total. The summed E-state index contributed by atoms with van der Waals surface area (Å²) in [6, 6.07) is 3.54. The fourth-order valence-corrected chi connectivity index (χ4v) is 5.19. The van der Waals surface area contributed by atoms with Gasteiger partial charge in [0, 0.05) is 20.0 Å². The van der Waals surface area contributed by atoms with Gasteiger partial charge in [-0.15, -0.1) is 11.3 Å². The van der Waals surface area contributed by atoms with Crippen LogP contribution in [0.2, 0.25) is 0 Å². The van der Waals surface area contributed by atoms with Crippen molar-refractivity contribution in [1.29, 1.82) is 0 Å². The van der Waals surface area contributed by atoms with E-state index in [1.54, 1.807) is 23.3 Å². The maximum atomic E-state index is 12.9. The molecule has 2 fully saturated rings. The summed E-state index contributed by atoms with van der Waals surface area (Å²) in [4.78, 5) is 45.9. The average Bonchev–Trinajstić information content (AvgIpc) is 3.53. The molecular weight excluding hydrogens is 430 g/mol. The van der Waals surface area contributed by atoms with Crippen LogP contribution in [0, 0.1) is 0 Å². The molecule has 0 atom stereocenters. The van der Waals surface area contributed by atoms with Crippen LogP contribution in [0.15, 0.2) is 22.0 Å². The van der Waals surface area contributed by atoms with Crippen molar-refractivity contribution in [2.45, 2.75) is 63.3 Å². The summed E-state index contributed by atoms with van der Waals surface area (Å²) in [6.45, 7) is 0.289. The second kappa shape index (κ2) is 9.81. The standard InChI is InChI=1S/C22H29N5O4S/c1-26-21(30)27(20(29)22(26)11-5-3-6-12-22)15-17(28)23-13-7-2-4-10-18-24-19(25-31-18)16-9-8-14-32-16/h8-9,14H,2-7,10-13,15H2,1H3,(H,23,28). The Labute approximate surface area is 191 Å². The molecule has 2 aromatic rings. The van der Waals surface area contributed by atoms with E-state index in [2.05, 4.69) is 15.5 Å². The number of rotatable bonds is 9. The van der Waals surface area contributed by atoms with Gasteiger partial charge in [-0.3, -0.25) is 14.5 Å². The van der Waals surface area contributed by atoms with Crippen LogP contribution >= 0.6 is 11.3 Å². The third kappa shape index (κ3) is 4.55. The van der Waals surface area contributed by atoms with E-state index in [-0.39, 0.29) is 24.4 Å². The van der Waals surface area contributed by atoms with Crippen molar-refractivity contribution < 1.29 is 18.9 Å². The Kier molecular flexibility index (Phi) is 6.88. The van der Waals surface area contributed by atoms with Gasteiger partial charge < -0.3 is 14.7 Å². The topological polar surface area (TPSA) is 109 Å². The predicted molar refractivity (Wildman–Crippen MR) is 119 cm³/mol. The summed E-state index contributed by atoms with van der Waals surface area (Å²) in [7, 11) is 1.68. The Morgan fingerprint density at radius 2 is 2.03 bits per heavy atom. The van der Waals surface area contributed by atoms with Crippen molar-refractivity contribution in [2.75, 3.05) is 20.1 Å². The molecule has 1 aliphatic carbocycles. The molecule has 0 radical (unpaired) electrons. The van der Waals surface area contributed by atoms with E-state index >= 15 is 0 Å². The fourth-order valence-electron chi connectivity index (χ4n) is 4.54. The first-order valence-corrected chi connectivity index (χ1v) is 12.1. The van der Waals surface area contributed by atoms with E-state index in [1.165, 1.54) is 0 Å². The maximum absolute atomic E-state index is 12.9. The summed E-state index contributed by atoms with van der Waals surface area (Å²) in [6.07, 6.45) is 7.57. The van der Waals surface area contributed by atoms with Crippen molar-refractivity contribution >= 4 is 29.2 Å². The normalized spacial score (nSPS) is 18.0. The number of aromatic nitrogens is 2. The molecule has 1 saturated heterocycles. The van der Waals surface area contributed by atoms with Gasteiger partial charge >= 0.3 is 6.03 Å². The highest BCUT2D eigenvalue weighted by Crippen LogP contribution is 2.39. The number of urea groups is 1. The third-order valence-electron chi connectivity index (χ3n) is 6.38. The van der Waals surface area contributed by atoms with Crippen LogP contribution in [0.3, 0.4) is 0 Å². The highest BCUT2D eigenvalue weighted by Gasteiger charge is 2.55. The van der Waals surface area contributed by atoms with Crippen LogP contribution in [-0.4, -0.2) is 63.5 Å². The van der Waals surface area contributed by atoms with Crippen LogP contribution in [0.4, 0.5) is 4.79 Å². The Morgan fingerprint density at radius 3 is 2.78 bits per heavy atom. The number of likely N-dealkylation sites (N-methyl/N-ethyl adjacent to an activating group) is 1. The van der Waals surface area contributed by atoms with Gasteiger partial charge in [-0.1, -0.05) is 36.9 Å². The Hall–Kier alpha value is -2.75. The highest BCUT2D eigenvalue weighted by atomic mass is 32.1. The molecule has 172 valence electrons. The van der Waals surface area contributed by atoms with E-state index in [1.807, 2.05) is 17.5 Å². The SMILES string of the molecule is CN1C(=O)N(CC(=O)NCCCCCc2nc(-c3cccs3)no2)C(=O)C12CCCCC2. The second-order valence-corrected chi connectivity index (χ2v) is 9.42. The maximum Gasteiger partial charge on any atom is 0.327 e. The van der Waals surface area contributed by atoms with Crippen LogP contribution in [0.1, 0.15) is 57.3 Å². The van der Waals surface area contributed by atoms with E-state index in [9.17, 15) is 14.4 Å². The molecular formula is C22H29N5O4S. The summed E-state index contributed by atoms with van der Waals surface area (Å²) >= 11 is 1.57. The fraction of sp³-hybridized carbons (Fsp3) is 0.591. The number of imide groups is 1. The van der Waals surface area contributed by atoms with Crippen LogP contribution in [0.5, 0.6) is 0 Å². The molecule has 0 bridgehead atoms. The van der Waals surface area contributed by atoms with E-state index in [0.717, 1.165) is 48.3 Å². The van der Waals surface area contributed by atoms with Gasteiger partial charge in [-0.2, -0.15) is 4.98 Å². The van der Waals surface area contributed by atoms with Crippen molar-refractivity contribution in [1.82, 2.24) is 25.3 Å².